The lowest BCUT2D eigenvalue weighted by molar-refractivity contribution is 0.0554. The van der Waals surface area contributed by atoms with Gasteiger partial charge in [0.2, 0.25) is 0 Å². The van der Waals surface area contributed by atoms with E-state index in [2.05, 4.69) is 4.98 Å². The molecular weight excluding hydrogens is 306 g/mol. The monoisotopic (exact) mass is 319 g/mol. The molecule has 2 aromatic rings. The molecule has 22 heavy (non-hydrogen) atoms. The molecule has 0 radical (unpaired) electrons. The Hall–Kier alpha value is -2.40. The van der Waals surface area contributed by atoms with Crippen molar-refractivity contribution in [1.29, 1.82) is 0 Å². The first kappa shape index (κ1) is 16.0. The van der Waals surface area contributed by atoms with Crippen LogP contribution in [-0.4, -0.2) is 31.1 Å². The number of pyridine rings is 1. The van der Waals surface area contributed by atoms with Gasteiger partial charge in [-0.25, -0.2) is 9.59 Å². The predicted molar refractivity (Wildman–Crippen MR) is 82.1 cm³/mol. The Morgan fingerprint density at radius 1 is 1.05 bits per heavy atom. The number of carbonyl (C=O) groups is 2. The van der Waals surface area contributed by atoms with Gasteiger partial charge in [-0.15, -0.1) is 0 Å². The summed E-state index contributed by atoms with van der Waals surface area (Å²) < 4.78 is 9.45. The van der Waals surface area contributed by atoms with Crippen molar-refractivity contribution in [2.45, 2.75) is 6.92 Å². The van der Waals surface area contributed by atoms with Crippen molar-refractivity contribution in [3.8, 4) is 11.3 Å². The van der Waals surface area contributed by atoms with Gasteiger partial charge in [-0.2, -0.15) is 0 Å². The summed E-state index contributed by atoms with van der Waals surface area (Å²) in [5.41, 5.74) is 1.93. The molecule has 0 atom stereocenters. The molecule has 0 aliphatic carbocycles. The van der Waals surface area contributed by atoms with E-state index in [1.165, 1.54) is 20.3 Å². The van der Waals surface area contributed by atoms with Crippen LogP contribution >= 0.6 is 11.6 Å². The Balaban J connectivity index is 2.64. The summed E-state index contributed by atoms with van der Waals surface area (Å²) in [5, 5.41) is 0.597. The number of aryl methyl sites for hydroxylation is 1. The summed E-state index contributed by atoms with van der Waals surface area (Å²) in [4.78, 5) is 28.2. The van der Waals surface area contributed by atoms with Crippen LogP contribution in [0.4, 0.5) is 0 Å². The lowest BCUT2D eigenvalue weighted by atomic mass is 10.0. The summed E-state index contributed by atoms with van der Waals surface area (Å²) in [6.07, 6.45) is 0. The average Bonchev–Trinajstić information content (AvgIpc) is 2.53. The molecule has 2 rings (SSSR count). The van der Waals surface area contributed by atoms with Crippen LogP contribution in [0.1, 0.15) is 26.4 Å². The Morgan fingerprint density at radius 3 is 2.18 bits per heavy atom. The molecule has 0 spiro atoms. The number of hydrogen-bond donors (Lipinski definition) is 0. The fourth-order valence-electron chi connectivity index (χ4n) is 2.07. The molecule has 0 aliphatic heterocycles. The standard InChI is InChI=1S/C16H14ClNO4/c1-9-14(16(20)22-3)12(15(19)21-2)8-13(18-9)10-4-6-11(17)7-5-10/h4-8H,1-3H3. The molecule has 1 aromatic carbocycles. The summed E-state index contributed by atoms with van der Waals surface area (Å²) in [7, 11) is 2.50. The van der Waals surface area contributed by atoms with Gasteiger partial charge >= 0.3 is 11.9 Å². The largest absolute Gasteiger partial charge is 0.465 e. The van der Waals surface area contributed by atoms with E-state index in [0.717, 1.165) is 5.56 Å². The second-order valence-electron chi connectivity index (χ2n) is 4.51. The maximum absolute atomic E-state index is 12.0. The van der Waals surface area contributed by atoms with Crippen LogP contribution in [0.5, 0.6) is 0 Å². The molecule has 5 nitrogen and oxygen atoms in total. The first-order valence-corrected chi connectivity index (χ1v) is 6.80. The van der Waals surface area contributed by atoms with Gasteiger partial charge in [0.05, 0.1) is 36.7 Å². The number of rotatable bonds is 3. The minimum atomic E-state index is -0.631. The average molecular weight is 320 g/mol. The highest BCUT2D eigenvalue weighted by atomic mass is 35.5. The quantitative estimate of drug-likeness (QED) is 0.812. The van der Waals surface area contributed by atoms with Gasteiger partial charge in [0, 0.05) is 10.6 Å². The minimum absolute atomic E-state index is 0.104. The maximum Gasteiger partial charge on any atom is 0.340 e. The van der Waals surface area contributed by atoms with Crippen LogP contribution in [0.3, 0.4) is 0 Å². The molecule has 0 amide bonds. The fraction of sp³-hybridized carbons (Fsp3) is 0.188. The lowest BCUT2D eigenvalue weighted by Gasteiger charge is -2.11. The maximum atomic E-state index is 12.0. The minimum Gasteiger partial charge on any atom is -0.465 e. The molecule has 0 fully saturated rings. The molecule has 0 aliphatic rings. The Morgan fingerprint density at radius 2 is 1.64 bits per heavy atom. The van der Waals surface area contributed by atoms with E-state index in [9.17, 15) is 9.59 Å². The zero-order chi connectivity index (χ0) is 16.3. The first-order chi connectivity index (χ1) is 10.5. The van der Waals surface area contributed by atoms with Gasteiger partial charge < -0.3 is 9.47 Å². The number of nitrogens with zero attached hydrogens (tertiary/aromatic N) is 1. The summed E-state index contributed by atoms with van der Waals surface area (Å²) in [6, 6.07) is 8.51. The summed E-state index contributed by atoms with van der Waals surface area (Å²) >= 11 is 5.86. The summed E-state index contributed by atoms with van der Waals surface area (Å²) in [5.74, 6) is -1.26. The second kappa shape index (κ2) is 6.58. The van der Waals surface area contributed by atoms with E-state index in [-0.39, 0.29) is 11.1 Å². The topological polar surface area (TPSA) is 65.5 Å². The zero-order valence-electron chi connectivity index (χ0n) is 12.3. The number of benzene rings is 1. The molecule has 0 bridgehead atoms. The van der Waals surface area contributed by atoms with E-state index in [4.69, 9.17) is 21.1 Å². The molecule has 1 aromatic heterocycles. The van der Waals surface area contributed by atoms with E-state index >= 15 is 0 Å². The van der Waals surface area contributed by atoms with Crippen molar-refractivity contribution in [3.63, 3.8) is 0 Å². The molecule has 0 saturated heterocycles. The van der Waals surface area contributed by atoms with Crippen molar-refractivity contribution in [3.05, 3.63) is 52.2 Å². The smallest absolute Gasteiger partial charge is 0.340 e. The molecule has 0 N–H and O–H groups in total. The van der Waals surface area contributed by atoms with E-state index < -0.39 is 11.9 Å². The van der Waals surface area contributed by atoms with Gasteiger partial charge in [-0.3, -0.25) is 4.98 Å². The third kappa shape index (κ3) is 3.09. The van der Waals surface area contributed by atoms with Crippen molar-refractivity contribution in [1.82, 2.24) is 4.98 Å². The molecular formula is C16H14ClNO4. The number of hydrogen-bond acceptors (Lipinski definition) is 5. The number of halogens is 1. The van der Waals surface area contributed by atoms with Crippen LogP contribution in [0.15, 0.2) is 30.3 Å². The van der Waals surface area contributed by atoms with Gasteiger partial charge in [-0.1, -0.05) is 23.7 Å². The SMILES string of the molecule is COC(=O)c1cc(-c2ccc(Cl)cc2)nc(C)c1C(=O)OC. The number of aromatic nitrogens is 1. The normalized spacial score (nSPS) is 10.2. The molecule has 6 heteroatoms. The Labute approximate surface area is 132 Å². The van der Waals surface area contributed by atoms with Crippen molar-refractivity contribution < 1.29 is 19.1 Å². The van der Waals surface area contributed by atoms with Crippen molar-refractivity contribution in [2.24, 2.45) is 0 Å². The highest BCUT2D eigenvalue weighted by Gasteiger charge is 2.23. The van der Waals surface area contributed by atoms with Crippen LogP contribution in [0, 0.1) is 6.92 Å². The van der Waals surface area contributed by atoms with Crippen molar-refractivity contribution in [2.75, 3.05) is 14.2 Å². The fourth-order valence-corrected chi connectivity index (χ4v) is 2.20. The van der Waals surface area contributed by atoms with E-state index in [1.54, 1.807) is 31.2 Å². The molecule has 1 heterocycles. The molecule has 114 valence electrons. The first-order valence-electron chi connectivity index (χ1n) is 6.42. The molecule has 0 unspecified atom stereocenters. The Bertz CT molecular complexity index is 726. The highest BCUT2D eigenvalue weighted by molar-refractivity contribution is 6.30. The number of ether oxygens (including phenoxy) is 2. The van der Waals surface area contributed by atoms with E-state index in [0.29, 0.717) is 16.4 Å². The number of carbonyl (C=O) groups excluding carboxylic acids is 2. The van der Waals surface area contributed by atoms with Crippen LogP contribution in [0.25, 0.3) is 11.3 Å². The lowest BCUT2D eigenvalue weighted by Crippen LogP contribution is -2.15. The Kier molecular flexibility index (Phi) is 4.78. The summed E-state index contributed by atoms with van der Waals surface area (Å²) in [6.45, 7) is 1.64. The van der Waals surface area contributed by atoms with Crippen molar-refractivity contribution >= 4 is 23.5 Å². The molecule has 0 saturated carbocycles. The van der Waals surface area contributed by atoms with Gasteiger partial charge in [0.1, 0.15) is 0 Å². The number of esters is 2. The van der Waals surface area contributed by atoms with E-state index in [1.807, 2.05) is 0 Å². The third-order valence-electron chi connectivity index (χ3n) is 3.14. The third-order valence-corrected chi connectivity index (χ3v) is 3.39. The van der Waals surface area contributed by atoms with Crippen LogP contribution < -0.4 is 0 Å². The van der Waals surface area contributed by atoms with Gasteiger partial charge in [-0.05, 0) is 25.1 Å². The number of methoxy groups -OCH3 is 2. The highest BCUT2D eigenvalue weighted by Crippen LogP contribution is 2.25. The van der Waals surface area contributed by atoms with Crippen LogP contribution in [-0.2, 0) is 9.47 Å². The van der Waals surface area contributed by atoms with Crippen LogP contribution in [0.2, 0.25) is 5.02 Å². The zero-order valence-corrected chi connectivity index (χ0v) is 13.1. The van der Waals surface area contributed by atoms with Gasteiger partial charge in [0.25, 0.3) is 0 Å². The predicted octanol–water partition coefficient (Wildman–Crippen LogP) is 3.28. The van der Waals surface area contributed by atoms with Gasteiger partial charge in [0.15, 0.2) is 0 Å². The second-order valence-corrected chi connectivity index (χ2v) is 4.94.